The van der Waals surface area contributed by atoms with E-state index in [0.717, 1.165) is 18.5 Å². The lowest BCUT2D eigenvalue weighted by Crippen LogP contribution is -2.35. The molecule has 2 rings (SSSR count). The van der Waals surface area contributed by atoms with Crippen LogP contribution in [-0.4, -0.2) is 19.0 Å². The summed E-state index contributed by atoms with van der Waals surface area (Å²) in [5.41, 5.74) is 6.55. The first-order chi connectivity index (χ1) is 10.5. The van der Waals surface area contributed by atoms with Gasteiger partial charge in [-0.3, -0.25) is 4.99 Å². The van der Waals surface area contributed by atoms with Gasteiger partial charge in [-0.1, -0.05) is 32.0 Å². The van der Waals surface area contributed by atoms with Crippen LogP contribution in [-0.2, 0) is 11.8 Å². The van der Waals surface area contributed by atoms with Gasteiger partial charge in [-0.15, -0.1) is 11.3 Å². The molecule has 0 amide bonds. The van der Waals surface area contributed by atoms with Gasteiger partial charge in [0.2, 0.25) is 0 Å². The Morgan fingerprint density at radius 2 is 2.14 bits per heavy atom. The van der Waals surface area contributed by atoms with Gasteiger partial charge < -0.3 is 11.1 Å². The number of rotatable bonds is 6. The summed E-state index contributed by atoms with van der Waals surface area (Å²) in [6.45, 7) is 5.33. The highest BCUT2D eigenvalue weighted by Gasteiger charge is 2.20. The second kappa shape index (κ2) is 7.40. The van der Waals surface area contributed by atoms with Crippen LogP contribution in [0, 0.1) is 5.82 Å². The fraction of sp³-hybridized carbons (Fsp3) is 0.353. The van der Waals surface area contributed by atoms with Crippen molar-refractivity contribution in [3.63, 3.8) is 0 Å². The maximum absolute atomic E-state index is 13.3. The van der Waals surface area contributed by atoms with Crippen molar-refractivity contribution in [2.24, 2.45) is 10.7 Å². The number of nitrogens with zero attached hydrogens (tertiary/aromatic N) is 1. The van der Waals surface area contributed by atoms with Gasteiger partial charge in [-0.2, -0.15) is 0 Å². The lowest BCUT2D eigenvalue weighted by molar-refractivity contribution is 0.530. The zero-order valence-corrected chi connectivity index (χ0v) is 13.8. The third kappa shape index (κ3) is 4.84. The third-order valence-corrected chi connectivity index (χ3v) is 4.44. The number of thiophene rings is 1. The highest BCUT2D eigenvalue weighted by atomic mass is 32.1. The van der Waals surface area contributed by atoms with E-state index < -0.39 is 0 Å². The summed E-state index contributed by atoms with van der Waals surface area (Å²) in [7, 11) is 0. The van der Waals surface area contributed by atoms with Crippen LogP contribution in [0.4, 0.5) is 4.39 Å². The summed E-state index contributed by atoms with van der Waals surface area (Å²) in [4.78, 5) is 5.70. The van der Waals surface area contributed by atoms with Crippen molar-refractivity contribution in [3.8, 4) is 0 Å². The highest BCUT2D eigenvalue weighted by molar-refractivity contribution is 7.09. The molecule has 1 heterocycles. The first-order valence-corrected chi connectivity index (χ1v) is 8.17. The van der Waals surface area contributed by atoms with Crippen molar-refractivity contribution in [1.82, 2.24) is 5.32 Å². The number of benzene rings is 1. The van der Waals surface area contributed by atoms with Gasteiger partial charge in [0.25, 0.3) is 0 Å². The lowest BCUT2D eigenvalue weighted by atomic mass is 9.85. The molecule has 3 nitrogen and oxygen atoms in total. The molecule has 118 valence electrons. The van der Waals surface area contributed by atoms with Gasteiger partial charge in [-0.05, 0) is 35.6 Å². The first-order valence-electron chi connectivity index (χ1n) is 7.29. The van der Waals surface area contributed by atoms with Crippen molar-refractivity contribution in [1.29, 1.82) is 0 Å². The fourth-order valence-corrected chi connectivity index (χ4v) is 2.82. The summed E-state index contributed by atoms with van der Waals surface area (Å²) in [6, 6.07) is 10.8. The van der Waals surface area contributed by atoms with Crippen LogP contribution in [0.15, 0.2) is 46.8 Å². The molecule has 2 aromatic rings. The number of halogens is 1. The summed E-state index contributed by atoms with van der Waals surface area (Å²) in [5, 5.41) is 5.18. The predicted octanol–water partition coefficient (Wildman–Crippen LogP) is 3.31. The Bertz CT molecular complexity index is 621. The fourth-order valence-electron chi connectivity index (χ4n) is 2.11. The largest absolute Gasteiger partial charge is 0.370 e. The SMILES string of the molecule is CC(C)(CN=C(N)NCCc1cccs1)c1cccc(F)c1. The van der Waals surface area contributed by atoms with E-state index >= 15 is 0 Å². The minimum absolute atomic E-state index is 0.225. The number of nitrogens with one attached hydrogen (secondary N) is 1. The van der Waals surface area contributed by atoms with Gasteiger partial charge in [0.05, 0.1) is 6.54 Å². The molecule has 5 heteroatoms. The first kappa shape index (κ1) is 16.5. The van der Waals surface area contributed by atoms with E-state index in [1.165, 1.54) is 10.9 Å². The van der Waals surface area contributed by atoms with E-state index in [1.807, 2.05) is 26.0 Å². The van der Waals surface area contributed by atoms with Gasteiger partial charge in [0.1, 0.15) is 5.82 Å². The lowest BCUT2D eigenvalue weighted by Gasteiger charge is -2.23. The Labute approximate surface area is 135 Å². The average molecular weight is 319 g/mol. The van der Waals surface area contributed by atoms with Crippen LogP contribution in [0.25, 0.3) is 0 Å². The van der Waals surface area contributed by atoms with Crippen molar-refractivity contribution in [3.05, 3.63) is 58.0 Å². The van der Waals surface area contributed by atoms with Crippen molar-refractivity contribution >= 4 is 17.3 Å². The van der Waals surface area contributed by atoms with Crippen molar-refractivity contribution in [2.75, 3.05) is 13.1 Å². The van der Waals surface area contributed by atoms with Crippen LogP contribution < -0.4 is 11.1 Å². The van der Waals surface area contributed by atoms with E-state index in [9.17, 15) is 4.39 Å². The van der Waals surface area contributed by atoms with Crippen molar-refractivity contribution in [2.45, 2.75) is 25.7 Å². The molecule has 0 atom stereocenters. The number of aliphatic imine (C=N–C) groups is 1. The Morgan fingerprint density at radius 1 is 1.32 bits per heavy atom. The molecule has 0 aliphatic rings. The van der Waals surface area contributed by atoms with Crippen LogP contribution in [0.1, 0.15) is 24.3 Å². The molecule has 0 bridgehead atoms. The van der Waals surface area contributed by atoms with Crippen LogP contribution >= 0.6 is 11.3 Å². The Morgan fingerprint density at radius 3 is 2.82 bits per heavy atom. The van der Waals surface area contributed by atoms with Gasteiger partial charge in [-0.25, -0.2) is 4.39 Å². The molecule has 3 N–H and O–H groups in total. The summed E-state index contributed by atoms with van der Waals surface area (Å²) >= 11 is 1.73. The minimum atomic E-state index is -0.262. The molecular weight excluding hydrogens is 297 g/mol. The van der Waals surface area contributed by atoms with Crippen LogP contribution in [0.5, 0.6) is 0 Å². The summed E-state index contributed by atoms with van der Waals surface area (Å²) in [5.74, 6) is 0.206. The number of nitrogens with two attached hydrogens (primary N) is 1. The van der Waals surface area contributed by atoms with Gasteiger partial charge >= 0.3 is 0 Å². The molecule has 1 aromatic carbocycles. The third-order valence-electron chi connectivity index (χ3n) is 3.51. The molecule has 0 unspecified atom stereocenters. The quantitative estimate of drug-likeness (QED) is 0.634. The minimum Gasteiger partial charge on any atom is -0.370 e. The smallest absolute Gasteiger partial charge is 0.188 e. The van der Waals surface area contributed by atoms with E-state index in [-0.39, 0.29) is 11.2 Å². The molecule has 0 fully saturated rings. The second-order valence-corrected chi connectivity index (χ2v) is 6.88. The Balaban J connectivity index is 1.86. The highest BCUT2D eigenvalue weighted by Crippen LogP contribution is 2.23. The molecule has 1 aromatic heterocycles. The second-order valence-electron chi connectivity index (χ2n) is 5.85. The topological polar surface area (TPSA) is 50.4 Å². The van der Waals surface area contributed by atoms with E-state index in [0.29, 0.717) is 12.5 Å². The zero-order chi connectivity index (χ0) is 16.0. The average Bonchev–Trinajstić information content (AvgIpc) is 2.99. The molecule has 0 aliphatic carbocycles. The van der Waals surface area contributed by atoms with Crippen LogP contribution in [0.2, 0.25) is 0 Å². The van der Waals surface area contributed by atoms with E-state index in [1.54, 1.807) is 23.5 Å². The number of hydrogen-bond donors (Lipinski definition) is 2. The maximum Gasteiger partial charge on any atom is 0.188 e. The molecule has 22 heavy (non-hydrogen) atoms. The molecule has 0 spiro atoms. The van der Waals surface area contributed by atoms with E-state index in [4.69, 9.17) is 5.73 Å². The monoisotopic (exact) mass is 319 g/mol. The molecule has 0 saturated carbocycles. The molecule has 0 saturated heterocycles. The van der Waals surface area contributed by atoms with Crippen molar-refractivity contribution < 1.29 is 4.39 Å². The number of guanidine groups is 1. The standard InChI is InChI=1S/C17H22FN3S/c1-17(2,13-5-3-6-14(18)11-13)12-21-16(19)20-9-8-15-7-4-10-22-15/h3-7,10-11H,8-9,12H2,1-2H3,(H3,19,20,21). The molecule has 0 aliphatic heterocycles. The Kier molecular flexibility index (Phi) is 5.55. The van der Waals surface area contributed by atoms with Gasteiger partial charge in [0.15, 0.2) is 5.96 Å². The zero-order valence-electron chi connectivity index (χ0n) is 13.0. The number of hydrogen-bond acceptors (Lipinski definition) is 2. The summed E-state index contributed by atoms with van der Waals surface area (Å²) in [6.07, 6.45) is 0.932. The van der Waals surface area contributed by atoms with Gasteiger partial charge in [0, 0.05) is 16.8 Å². The van der Waals surface area contributed by atoms with Crippen LogP contribution in [0.3, 0.4) is 0 Å². The summed E-state index contributed by atoms with van der Waals surface area (Å²) < 4.78 is 13.3. The molecule has 0 radical (unpaired) electrons. The molecular formula is C17H22FN3S. The normalized spacial score (nSPS) is 12.4. The van der Waals surface area contributed by atoms with E-state index in [2.05, 4.69) is 21.8 Å². The maximum atomic E-state index is 13.3. The predicted molar refractivity (Wildman–Crippen MR) is 91.9 cm³/mol. The Hall–Kier alpha value is -1.88.